The van der Waals surface area contributed by atoms with Crippen LogP contribution in [0.2, 0.25) is 0 Å². The van der Waals surface area contributed by atoms with Gasteiger partial charge in [-0.3, -0.25) is 0 Å². The first-order valence-corrected chi connectivity index (χ1v) is 6.63. The Kier molecular flexibility index (Phi) is 6.90. The number of hydrogen-bond donors (Lipinski definition) is 1. The van der Waals surface area contributed by atoms with E-state index in [4.69, 9.17) is 4.74 Å². The second-order valence-corrected chi connectivity index (χ2v) is 4.38. The Labute approximate surface area is 105 Å². The van der Waals surface area contributed by atoms with Gasteiger partial charge in [-0.25, -0.2) is 0 Å². The standard InChI is InChI=1S/C15H25NO/c1-4-6-15(16-5-2)14-9-7-13(8-10-14)11-12-17-3/h7-10,15-16H,4-6,11-12H2,1-3H3. The zero-order valence-corrected chi connectivity index (χ0v) is 11.3. The summed E-state index contributed by atoms with van der Waals surface area (Å²) in [5.41, 5.74) is 2.75. The summed E-state index contributed by atoms with van der Waals surface area (Å²) in [5, 5.41) is 3.54. The highest BCUT2D eigenvalue weighted by molar-refractivity contribution is 5.25. The third-order valence-corrected chi connectivity index (χ3v) is 3.00. The Morgan fingerprint density at radius 1 is 1.18 bits per heavy atom. The van der Waals surface area contributed by atoms with Crippen LogP contribution in [0, 0.1) is 0 Å². The van der Waals surface area contributed by atoms with Crippen LogP contribution in [0.25, 0.3) is 0 Å². The molecule has 0 spiro atoms. The molecule has 96 valence electrons. The average Bonchev–Trinajstić information content (AvgIpc) is 2.37. The maximum absolute atomic E-state index is 5.09. The first-order valence-electron chi connectivity index (χ1n) is 6.63. The van der Waals surface area contributed by atoms with E-state index in [1.807, 2.05) is 0 Å². The van der Waals surface area contributed by atoms with Crippen molar-refractivity contribution in [3.8, 4) is 0 Å². The van der Waals surface area contributed by atoms with Gasteiger partial charge in [0.25, 0.3) is 0 Å². The van der Waals surface area contributed by atoms with Crippen LogP contribution in [-0.2, 0) is 11.2 Å². The van der Waals surface area contributed by atoms with E-state index in [-0.39, 0.29) is 0 Å². The topological polar surface area (TPSA) is 21.3 Å². The first-order chi connectivity index (χ1) is 8.31. The van der Waals surface area contributed by atoms with Gasteiger partial charge in [-0.15, -0.1) is 0 Å². The minimum absolute atomic E-state index is 0.501. The molecule has 0 aliphatic heterocycles. The number of ether oxygens (including phenoxy) is 1. The highest BCUT2D eigenvalue weighted by Gasteiger charge is 2.08. The molecule has 0 fully saturated rings. The molecule has 0 heterocycles. The van der Waals surface area contributed by atoms with Gasteiger partial charge in [-0.1, -0.05) is 44.5 Å². The Morgan fingerprint density at radius 3 is 2.41 bits per heavy atom. The van der Waals surface area contributed by atoms with Crippen LogP contribution in [0.5, 0.6) is 0 Å². The normalized spacial score (nSPS) is 12.6. The Morgan fingerprint density at radius 2 is 1.88 bits per heavy atom. The molecule has 2 nitrogen and oxygen atoms in total. The van der Waals surface area contributed by atoms with Gasteiger partial charge in [0.1, 0.15) is 0 Å². The summed E-state index contributed by atoms with van der Waals surface area (Å²) in [5.74, 6) is 0. The Hall–Kier alpha value is -0.860. The molecule has 1 aromatic carbocycles. The monoisotopic (exact) mass is 235 g/mol. The van der Waals surface area contributed by atoms with Crippen molar-refractivity contribution in [1.82, 2.24) is 5.32 Å². The maximum atomic E-state index is 5.09. The number of rotatable bonds is 8. The fourth-order valence-electron chi connectivity index (χ4n) is 2.06. The van der Waals surface area contributed by atoms with Gasteiger partial charge in [-0.05, 0) is 30.5 Å². The van der Waals surface area contributed by atoms with Crippen molar-refractivity contribution in [2.45, 2.75) is 39.2 Å². The molecule has 0 amide bonds. The highest BCUT2D eigenvalue weighted by Crippen LogP contribution is 2.19. The molecule has 0 aromatic heterocycles. The average molecular weight is 235 g/mol. The van der Waals surface area contributed by atoms with Gasteiger partial charge in [0.05, 0.1) is 6.61 Å². The van der Waals surface area contributed by atoms with E-state index in [1.165, 1.54) is 24.0 Å². The molecule has 1 rings (SSSR count). The number of hydrogen-bond acceptors (Lipinski definition) is 2. The third kappa shape index (κ3) is 4.88. The molecule has 1 N–H and O–H groups in total. The van der Waals surface area contributed by atoms with Crippen molar-refractivity contribution in [2.24, 2.45) is 0 Å². The molecule has 0 saturated heterocycles. The highest BCUT2D eigenvalue weighted by atomic mass is 16.5. The van der Waals surface area contributed by atoms with Crippen LogP contribution in [-0.4, -0.2) is 20.3 Å². The zero-order valence-electron chi connectivity index (χ0n) is 11.3. The lowest BCUT2D eigenvalue weighted by molar-refractivity contribution is 0.202. The third-order valence-electron chi connectivity index (χ3n) is 3.00. The zero-order chi connectivity index (χ0) is 12.5. The van der Waals surface area contributed by atoms with Crippen molar-refractivity contribution in [1.29, 1.82) is 0 Å². The van der Waals surface area contributed by atoms with E-state index < -0.39 is 0 Å². The van der Waals surface area contributed by atoms with E-state index in [0.29, 0.717) is 6.04 Å². The Bertz CT molecular complexity index is 288. The van der Waals surface area contributed by atoms with E-state index in [0.717, 1.165) is 19.6 Å². The summed E-state index contributed by atoms with van der Waals surface area (Å²) in [7, 11) is 1.75. The lowest BCUT2D eigenvalue weighted by atomic mass is 10.00. The molecule has 17 heavy (non-hydrogen) atoms. The quantitative estimate of drug-likeness (QED) is 0.746. The fraction of sp³-hybridized carbons (Fsp3) is 0.600. The molecule has 2 heteroatoms. The summed E-state index contributed by atoms with van der Waals surface area (Å²) in [6, 6.07) is 9.42. The number of benzene rings is 1. The lowest BCUT2D eigenvalue weighted by Crippen LogP contribution is -2.20. The van der Waals surface area contributed by atoms with E-state index in [9.17, 15) is 0 Å². The van der Waals surface area contributed by atoms with Gasteiger partial charge < -0.3 is 10.1 Å². The second-order valence-electron chi connectivity index (χ2n) is 4.38. The van der Waals surface area contributed by atoms with Gasteiger partial charge in [0.15, 0.2) is 0 Å². The van der Waals surface area contributed by atoms with Gasteiger partial charge in [-0.2, -0.15) is 0 Å². The summed E-state index contributed by atoms with van der Waals surface area (Å²) < 4.78 is 5.09. The maximum Gasteiger partial charge on any atom is 0.0502 e. The van der Waals surface area contributed by atoms with Crippen molar-refractivity contribution in [3.63, 3.8) is 0 Å². The first kappa shape index (κ1) is 14.2. The smallest absolute Gasteiger partial charge is 0.0502 e. The molecule has 1 aromatic rings. The minimum atomic E-state index is 0.501. The van der Waals surface area contributed by atoms with E-state index in [1.54, 1.807) is 7.11 Å². The molecule has 0 radical (unpaired) electrons. The summed E-state index contributed by atoms with van der Waals surface area (Å²) >= 11 is 0. The predicted molar refractivity (Wildman–Crippen MR) is 73.3 cm³/mol. The van der Waals surface area contributed by atoms with Gasteiger partial charge in [0, 0.05) is 13.2 Å². The molecule has 1 unspecified atom stereocenters. The van der Waals surface area contributed by atoms with E-state index >= 15 is 0 Å². The molecule has 0 saturated carbocycles. The number of nitrogens with one attached hydrogen (secondary N) is 1. The van der Waals surface area contributed by atoms with Crippen LogP contribution in [0.4, 0.5) is 0 Å². The van der Waals surface area contributed by atoms with Crippen LogP contribution in [0.15, 0.2) is 24.3 Å². The summed E-state index contributed by atoms with van der Waals surface area (Å²) in [6.07, 6.45) is 3.41. The molecule has 0 aliphatic carbocycles. The molecule has 0 bridgehead atoms. The van der Waals surface area contributed by atoms with Crippen LogP contribution < -0.4 is 5.32 Å². The number of methoxy groups -OCH3 is 1. The van der Waals surface area contributed by atoms with Crippen molar-refractivity contribution in [2.75, 3.05) is 20.3 Å². The molecular formula is C15H25NO. The van der Waals surface area contributed by atoms with Crippen molar-refractivity contribution in [3.05, 3.63) is 35.4 Å². The SMILES string of the molecule is CCCC(NCC)c1ccc(CCOC)cc1. The van der Waals surface area contributed by atoms with Crippen molar-refractivity contribution < 1.29 is 4.74 Å². The van der Waals surface area contributed by atoms with Gasteiger partial charge >= 0.3 is 0 Å². The van der Waals surface area contributed by atoms with Crippen molar-refractivity contribution >= 4 is 0 Å². The Balaban J connectivity index is 2.63. The lowest BCUT2D eigenvalue weighted by Gasteiger charge is -2.17. The van der Waals surface area contributed by atoms with Crippen LogP contribution in [0.3, 0.4) is 0 Å². The minimum Gasteiger partial charge on any atom is -0.384 e. The van der Waals surface area contributed by atoms with Crippen LogP contribution in [0.1, 0.15) is 43.9 Å². The predicted octanol–water partition coefficient (Wildman–Crippen LogP) is 3.33. The van der Waals surface area contributed by atoms with Crippen LogP contribution >= 0.6 is 0 Å². The second kappa shape index (κ2) is 8.26. The fourth-order valence-corrected chi connectivity index (χ4v) is 2.06. The van der Waals surface area contributed by atoms with E-state index in [2.05, 4.69) is 43.4 Å². The summed E-state index contributed by atoms with van der Waals surface area (Å²) in [6.45, 7) is 6.22. The summed E-state index contributed by atoms with van der Waals surface area (Å²) in [4.78, 5) is 0. The van der Waals surface area contributed by atoms with Gasteiger partial charge in [0.2, 0.25) is 0 Å². The molecule has 0 aliphatic rings. The molecule has 1 atom stereocenters. The molecular weight excluding hydrogens is 210 g/mol. The largest absolute Gasteiger partial charge is 0.384 e.